The Labute approximate surface area is 271 Å². The van der Waals surface area contributed by atoms with Gasteiger partial charge in [0.05, 0.1) is 6.61 Å². The smallest absolute Gasteiger partial charge is 0.328 e. The van der Waals surface area contributed by atoms with E-state index in [2.05, 4.69) is 6.92 Å². The maximum atomic E-state index is 11.6. The van der Waals surface area contributed by atoms with E-state index < -0.39 is 35.8 Å². The van der Waals surface area contributed by atoms with Crippen LogP contribution in [0.15, 0.2) is 30.3 Å². The molecule has 0 saturated heterocycles. The van der Waals surface area contributed by atoms with Crippen molar-refractivity contribution < 1.29 is 59.0 Å². The maximum absolute atomic E-state index is 11.6. The van der Waals surface area contributed by atoms with Crippen molar-refractivity contribution in [1.29, 1.82) is 0 Å². The topological polar surface area (TPSA) is 213 Å². The number of benzene rings is 1. The number of carboxylic acid groups (broad SMARTS) is 5. The number of ether oxygens (including phenoxy) is 1. The molecule has 0 radical (unpaired) electrons. The summed E-state index contributed by atoms with van der Waals surface area (Å²) in [6, 6.07) is 7.39. The average Bonchev–Trinajstić information content (AvgIpc) is 2.99. The van der Waals surface area contributed by atoms with E-state index in [1.165, 1.54) is 12.8 Å². The fourth-order valence-corrected chi connectivity index (χ4v) is 3.70. The zero-order valence-electron chi connectivity index (χ0n) is 27.2. The number of unbranched alkanes of at least 4 members (excludes halogenated alkanes) is 9. The highest BCUT2D eigenvalue weighted by Gasteiger charge is 2.18. The van der Waals surface area contributed by atoms with Gasteiger partial charge >= 0.3 is 29.8 Å². The molecule has 0 aliphatic heterocycles. The number of rotatable bonds is 24. The first kappa shape index (κ1) is 43.9. The molecule has 260 valence electrons. The van der Waals surface area contributed by atoms with E-state index >= 15 is 0 Å². The summed E-state index contributed by atoms with van der Waals surface area (Å²) in [6.45, 7) is 4.01. The summed E-state index contributed by atoms with van der Waals surface area (Å²) >= 11 is 0. The summed E-state index contributed by atoms with van der Waals surface area (Å²) in [6.07, 6.45) is 15.7. The molecule has 1 rings (SSSR count). The number of ketones is 1. The molecule has 1 aromatic carbocycles. The first-order valence-electron chi connectivity index (χ1n) is 15.8. The van der Waals surface area contributed by atoms with E-state index in [1.54, 1.807) is 6.08 Å². The van der Waals surface area contributed by atoms with E-state index in [4.69, 9.17) is 30.3 Å². The Bertz CT molecular complexity index is 1030. The molecule has 0 aliphatic carbocycles. The van der Waals surface area contributed by atoms with Gasteiger partial charge in [-0.05, 0) is 62.8 Å². The van der Waals surface area contributed by atoms with Crippen LogP contribution in [-0.2, 0) is 28.8 Å². The van der Waals surface area contributed by atoms with Crippen molar-refractivity contribution in [3.05, 3.63) is 35.9 Å². The van der Waals surface area contributed by atoms with Crippen LogP contribution in [0.3, 0.4) is 0 Å². The summed E-state index contributed by atoms with van der Waals surface area (Å²) in [4.78, 5) is 62.0. The van der Waals surface area contributed by atoms with Crippen molar-refractivity contribution in [2.24, 2.45) is 5.92 Å². The average molecular weight is 653 g/mol. The summed E-state index contributed by atoms with van der Waals surface area (Å²) in [7, 11) is 0. The molecule has 0 amide bonds. The lowest BCUT2D eigenvalue weighted by molar-refractivity contribution is -0.153. The highest BCUT2D eigenvalue weighted by atomic mass is 16.5. The van der Waals surface area contributed by atoms with Crippen LogP contribution >= 0.6 is 0 Å². The zero-order chi connectivity index (χ0) is 35.2. The van der Waals surface area contributed by atoms with Crippen LogP contribution < -0.4 is 4.74 Å². The fourth-order valence-electron chi connectivity index (χ4n) is 3.70. The summed E-state index contributed by atoms with van der Waals surface area (Å²) in [5, 5.41) is 41.4. The molecule has 12 heteroatoms. The van der Waals surface area contributed by atoms with Gasteiger partial charge < -0.3 is 30.3 Å². The number of aliphatic carboxylic acids is 5. The molecule has 0 fully saturated rings. The van der Waals surface area contributed by atoms with Crippen molar-refractivity contribution in [1.82, 2.24) is 0 Å². The van der Waals surface area contributed by atoms with Crippen molar-refractivity contribution in [2.75, 3.05) is 6.61 Å². The van der Waals surface area contributed by atoms with Gasteiger partial charge in [-0.25, -0.2) is 4.79 Å². The molecule has 0 unspecified atom stereocenters. The van der Waals surface area contributed by atoms with Gasteiger partial charge in [-0.3, -0.25) is 24.0 Å². The predicted octanol–water partition coefficient (Wildman–Crippen LogP) is 6.94. The number of hydrogen-bond acceptors (Lipinski definition) is 7. The molecule has 1 aromatic rings. The van der Waals surface area contributed by atoms with Crippen LogP contribution in [-0.4, -0.2) is 67.8 Å². The van der Waals surface area contributed by atoms with E-state index in [1.807, 2.05) is 24.3 Å². The van der Waals surface area contributed by atoms with Crippen LogP contribution in [0.2, 0.25) is 0 Å². The Hall–Kier alpha value is -4.22. The highest BCUT2D eigenvalue weighted by molar-refractivity contribution is 5.92. The SMILES string of the molecule is CC(C(=O)O)C(=O)O.CCCCCOc1ccc(C=CC(=O)O)cc1.O=C(O)CCCCCCCCC(=O)CCCCCC(=O)O. The van der Waals surface area contributed by atoms with Crippen LogP contribution in [0.4, 0.5) is 0 Å². The zero-order valence-corrected chi connectivity index (χ0v) is 27.2. The minimum Gasteiger partial charge on any atom is -0.494 e. The number of carbonyl (C=O) groups is 6. The summed E-state index contributed by atoms with van der Waals surface area (Å²) in [5.74, 6) is -5.26. The van der Waals surface area contributed by atoms with Crippen molar-refractivity contribution in [3.63, 3.8) is 0 Å². The molecular formula is C34H52O12. The lowest BCUT2D eigenvalue weighted by Crippen LogP contribution is -2.19. The molecule has 0 heterocycles. The minimum absolute atomic E-state index is 0.191. The van der Waals surface area contributed by atoms with Crippen molar-refractivity contribution >= 4 is 41.7 Å². The first-order chi connectivity index (χ1) is 21.8. The van der Waals surface area contributed by atoms with E-state index in [0.717, 1.165) is 88.7 Å². The molecule has 0 aromatic heterocycles. The third kappa shape index (κ3) is 31.2. The maximum Gasteiger partial charge on any atom is 0.328 e. The highest BCUT2D eigenvalue weighted by Crippen LogP contribution is 2.14. The molecule has 0 bridgehead atoms. The Morgan fingerprint density at radius 3 is 1.46 bits per heavy atom. The van der Waals surface area contributed by atoms with Gasteiger partial charge in [0.15, 0.2) is 5.92 Å². The predicted molar refractivity (Wildman–Crippen MR) is 173 cm³/mol. The van der Waals surface area contributed by atoms with Crippen LogP contribution in [0.5, 0.6) is 5.75 Å². The van der Waals surface area contributed by atoms with Gasteiger partial charge in [-0.15, -0.1) is 0 Å². The Morgan fingerprint density at radius 1 is 0.630 bits per heavy atom. The van der Waals surface area contributed by atoms with Crippen molar-refractivity contribution in [2.45, 2.75) is 117 Å². The van der Waals surface area contributed by atoms with E-state index in [-0.39, 0.29) is 18.6 Å². The molecule has 46 heavy (non-hydrogen) atoms. The molecule has 0 atom stereocenters. The van der Waals surface area contributed by atoms with E-state index in [0.29, 0.717) is 19.3 Å². The third-order valence-electron chi connectivity index (χ3n) is 6.50. The minimum atomic E-state index is -1.31. The largest absolute Gasteiger partial charge is 0.494 e. The molecule has 0 spiro atoms. The molecule has 5 N–H and O–H groups in total. The van der Waals surface area contributed by atoms with Crippen LogP contribution in [0, 0.1) is 5.92 Å². The summed E-state index contributed by atoms with van der Waals surface area (Å²) < 4.78 is 5.55. The van der Waals surface area contributed by atoms with Crippen LogP contribution in [0.1, 0.15) is 122 Å². The number of hydrogen-bond donors (Lipinski definition) is 5. The number of Topliss-reactive ketones (excluding diaryl/α,β-unsaturated/α-hetero) is 1. The lowest BCUT2D eigenvalue weighted by atomic mass is 10.0. The van der Waals surface area contributed by atoms with Crippen molar-refractivity contribution in [3.8, 4) is 5.75 Å². The second-order valence-corrected chi connectivity index (χ2v) is 10.7. The van der Waals surface area contributed by atoms with Gasteiger partial charge in [0, 0.05) is 31.8 Å². The normalized spacial score (nSPS) is 10.3. The van der Waals surface area contributed by atoms with Gasteiger partial charge in [0.1, 0.15) is 11.5 Å². The third-order valence-corrected chi connectivity index (χ3v) is 6.50. The Balaban J connectivity index is 0. The van der Waals surface area contributed by atoms with Gasteiger partial charge in [0.2, 0.25) is 0 Å². The Kier molecular flexibility index (Phi) is 28.1. The van der Waals surface area contributed by atoms with Gasteiger partial charge in [-0.2, -0.15) is 0 Å². The van der Waals surface area contributed by atoms with Gasteiger partial charge in [-0.1, -0.05) is 64.0 Å². The Morgan fingerprint density at radius 2 is 1.07 bits per heavy atom. The number of carboxylic acids is 5. The van der Waals surface area contributed by atoms with Crippen LogP contribution in [0.25, 0.3) is 6.08 Å². The second-order valence-electron chi connectivity index (χ2n) is 10.7. The summed E-state index contributed by atoms with van der Waals surface area (Å²) in [5.41, 5.74) is 0.855. The molecular weight excluding hydrogens is 600 g/mol. The second kappa shape index (κ2) is 29.5. The fraction of sp³-hybridized carbons (Fsp3) is 0.588. The number of carbonyl (C=O) groups excluding carboxylic acids is 1. The molecule has 12 nitrogen and oxygen atoms in total. The first-order valence-corrected chi connectivity index (χ1v) is 15.8. The lowest BCUT2D eigenvalue weighted by Gasteiger charge is -2.05. The molecule has 0 aliphatic rings. The standard InChI is InChI=1S/C16H28O5.C14H18O3.C4H6O4/c17-14(11-7-5-9-13-16(20)21)10-6-3-1-2-4-8-12-15(18)19;1-2-3-4-11-17-13-8-5-12(6-9-13)7-10-14(15)16;1-2(3(5)6)4(7)8/h1-13H2,(H,18,19)(H,20,21);5-10H,2-4,11H2,1H3,(H,15,16);2H,1H3,(H,5,6)(H,7,8). The quantitative estimate of drug-likeness (QED) is 0.0436. The van der Waals surface area contributed by atoms with E-state index in [9.17, 15) is 28.8 Å². The van der Waals surface area contributed by atoms with Gasteiger partial charge in [0.25, 0.3) is 0 Å². The monoisotopic (exact) mass is 652 g/mol. The molecule has 0 saturated carbocycles.